The number of phenolic OH excluding ortho intramolecular Hbond substituents is 6. The molecule has 131 heavy (non-hydrogen) atoms. The van der Waals surface area contributed by atoms with Crippen molar-refractivity contribution in [2.45, 2.75) is 20.8 Å². The Bertz CT molecular complexity index is 7420. The number of halogens is 3. The predicted octanol–water partition coefficient (Wildman–Crippen LogP) is 26.0. The van der Waals surface area contributed by atoms with Gasteiger partial charge in [0, 0.05) is 27.2 Å². The summed E-state index contributed by atoms with van der Waals surface area (Å²) >= 11 is 12.2. The van der Waals surface area contributed by atoms with E-state index >= 15 is 0 Å². The quantitative estimate of drug-likeness (QED) is 0.0393. The van der Waals surface area contributed by atoms with Crippen molar-refractivity contribution in [1.29, 1.82) is 0 Å². The molecule has 19 rings (SSSR count). The van der Waals surface area contributed by atoms with Gasteiger partial charge in [-0.1, -0.05) is 205 Å². The van der Waals surface area contributed by atoms with Crippen LogP contribution in [0, 0.1) is 26.6 Å². The van der Waals surface area contributed by atoms with E-state index in [1.807, 2.05) is 202 Å². The number of aryl methyl sites for hydroxylation is 3. The largest absolute Gasteiger partial charge is 0.507 e. The molecule has 0 aliphatic heterocycles. The molecule has 1 amide bonds. The SMILES string of the molecule is COC(=O)c1ccc(-c2ccc3c(C=O)c(O)ccc3c2)cc1.Cc1cc(-c2ccc3c(C=O)c(O)ccc3c2)ccc1Cl.Cc1ccc(-c2ccc3c(C=O)c(O)ccc3c2)cc1Cl.Cc1ccc(-c2ccc3c(C=O)c(O)ccc3c2)cc1F.NC(=O)c1cccc(-c2ccc3c(C=O)c(O)ccc3c2)c1.O=Cc1c(O)ccc2cc(-c3cccc4ncccc34)ccc12. The fourth-order valence-electron chi connectivity index (χ4n) is 15.4. The summed E-state index contributed by atoms with van der Waals surface area (Å²) in [5.41, 5.74) is 23.3. The van der Waals surface area contributed by atoms with Crippen LogP contribution >= 0.6 is 23.2 Å². The van der Waals surface area contributed by atoms with Crippen molar-refractivity contribution in [3.05, 3.63) is 399 Å². The highest BCUT2D eigenvalue weighted by atomic mass is 35.5. The van der Waals surface area contributed by atoms with Gasteiger partial charge in [0.2, 0.25) is 5.91 Å². The molecule has 1 heterocycles. The fraction of sp³-hybridized carbons (Fsp3) is 0.0360. The molecule has 0 spiro atoms. The standard InChI is InChI=1S/C20H13NO2.C19H14O4.2C18H13ClO2.C18H13FO2.C18H13NO3/c22-12-18-16-8-6-13(11-14(16)7-9-20(18)23)15-3-1-5-19-17(15)4-2-10-21-19;1-23-19(22)13-4-2-12(3-5-13)14-6-8-16-15(10-14)7-9-18(21)17(16)11-20;1-11-8-12(3-6-17(11)19)13-2-5-15-14(9-13)4-7-18(21)16(15)10-20;2*1-11-2-3-13(9-17(11)19)12-4-6-15-14(8-12)5-7-18(21)16(15)10-20;19-18(22)14-3-1-2-11(9-14)12-4-6-15-13(8-12)5-7-17(21)16(15)10-20/h1-12,23H;2-11,21H,1H3;3*2-10,21H,1H3;1-10,21H,(H2,19,22). The van der Waals surface area contributed by atoms with E-state index < -0.39 is 5.91 Å². The van der Waals surface area contributed by atoms with Gasteiger partial charge in [-0.2, -0.15) is 0 Å². The van der Waals surface area contributed by atoms with E-state index in [4.69, 9.17) is 28.9 Å². The van der Waals surface area contributed by atoms with Crippen LogP contribution in [0.4, 0.5) is 4.39 Å². The Hall–Kier alpha value is -16.8. The summed E-state index contributed by atoms with van der Waals surface area (Å²) in [5.74, 6) is -1.17. The molecule has 0 bridgehead atoms. The van der Waals surface area contributed by atoms with Crippen LogP contribution in [0.15, 0.2) is 322 Å². The number of esters is 1. The number of aromatic nitrogens is 1. The number of nitrogens with two attached hydrogens (primary N) is 1. The molecular weight excluding hydrogens is 1690 g/mol. The van der Waals surface area contributed by atoms with E-state index in [0.717, 1.165) is 147 Å². The van der Waals surface area contributed by atoms with Gasteiger partial charge in [0.15, 0.2) is 37.7 Å². The average molecular weight is 1770 g/mol. The Balaban J connectivity index is 0.000000127. The Kier molecular flexibility index (Phi) is 27.8. The molecule has 0 unspecified atom stereocenters. The van der Waals surface area contributed by atoms with Crippen LogP contribution in [0.2, 0.25) is 10.0 Å². The van der Waals surface area contributed by atoms with E-state index in [1.165, 1.54) is 37.4 Å². The van der Waals surface area contributed by atoms with Crippen LogP contribution in [-0.2, 0) is 4.74 Å². The number of carbonyl (C=O) groups is 8. The number of amides is 1. The number of benzene rings is 18. The third-order valence-electron chi connectivity index (χ3n) is 22.5. The number of methoxy groups -OCH3 is 1. The van der Waals surface area contributed by atoms with E-state index in [2.05, 4.69) is 21.9 Å². The van der Waals surface area contributed by atoms with Gasteiger partial charge in [-0.15, -0.1) is 0 Å². The second-order valence-corrected chi connectivity index (χ2v) is 31.4. The number of carbonyl (C=O) groups excluding carboxylic acids is 8. The van der Waals surface area contributed by atoms with Gasteiger partial charge in [-0.25, -0.2) is 9.18 Å². The molecule has 0 fully saturated rings. The van der Waals surface area contributed by atoms with Crippen LogP contribution in [0.5, 0.6) is 34.5 Å². The van der Waals surface area contributed by atoms with Crippen molar-refractivity contribution in [3.8, 4) is 101 Å². The number of aromatic hydroxyl groups is 6. The Morgan fingerprint density at radius 2 is 0.634 bits per heavy atom. The minimum Gasteiger partial charge on any atom is -0.507 e. The van der Waals surface area contributed by atoms with Crippen molar-refractivity contribution in [3.63, 3.8) is 0 Å². The number of hydrogen-bond acceptors (Lipinski definition) is 16. The lowest BCUT2D eigenvalue weighted by Gasteiger charge is -2.09. The number of nitrogens with zero attached hydrogens (tertiary/aromatic N) is 1. The molecule has 20 heteroatoms. The number of ether oxygens (including phenoxy) is 1. The summed E-state index contributed by atoms with van der Waals surface area (Å²) in [6, 6.07) is 95.0. The molecule has 0 saturated carbocycles. The highest BCUT2D eigenvalue weighted by molar-refractivity contribution is 6.32. The normalized spacial score (nSPS) is 10.7. The maximum absolute atomic E-state index is 13.7. The molecule has 19 aromatic rings. The lowest BCUT2D eigenvalue weighted by molar-refractivity contribution is 0.0599. The highest BCUT2D eigenvalue weighted by Crippen LogP contribution is 2.40. The van der Waals surface area contributed by atoms with Gasteiger partial charge in [0.05, 0.1) is 51.6 Å². The van der Waals surface area contributed by atoms with Gasteiger partial charge in [-0.3, -0.25) is 38.5 Å². The van der Waals surface area contributed by atoms with Crippen LogP contribution < -0.4 is 5.73 Å². The second kappa shape index (κ2) is 40.2. The molecule has 0 aliphatic rings. The van der Waals surface area contributed by atoms with E-state index in [0.29, 0.717) is 87.3 Å². The molecular formula is C111H79Cl2FN2O15. The Labute approximate surface area is 760 Å². The summed E-state index contributed by atoms with van der Waals surface area (Å²) in [7, 11) is 1.35. The van der Waals surface area contributed by atoms with Crippen LogP contribution in [0.1, 0.15) is 99.6 Å². The van der Waals surface area contributed by atoms with Crippen LogP contribution in [-0.4, -0.2) is 92.3 Å². The zero-order valence-corrected chi connectivity index (χ0v) is 72.1. The lowest BCUT2D eigenvalue weighted by Crippen LogP contribution is -2.10. The molecule has 0 radical (unpaired) electrons. The maximum Gasteiger partial charge on any atom is 0.337 e. The monoisotopic (exact) mass is 1770 g/mol. The van der Waals surface area contributed by atoms with Gasteiger partial charge in [0.25, 0.3) is 0 Å². The third-order valence-corrected chi connectivity index (χ3v) is 23.3. The minimum absolute atomic E-state index is 0.00336. The van der Waals surface area contributed by atoms with E-state index in [9.17, 15) is 73.4 Å². The van der Waals surface area contributed by atoms with E-state index in [-0.39, 0.29) is 63.0 Å². The van der Waals surface area contributed by atoms with E-state index in [1.54, 1.807) is 98.0 Å². The zero-order chi connectivity index (χ0) is 92.8. The molecule has 8 N–H and O–H groups in total. The number of primary amides is 1. The van der Waals surface area contributed by atoms with Gasteiger partial charge < -0.3 is 41.1 Å². The zero-order valence-electron chi connectivity index (χ0n) is 70.6. The van der Waals surface area contributed by atoms with Crippen molar-refractivity contribution in [2.75, 3.05) is 7.11 Å². The molecule has 18 aromatic carbocycles. The van der Waals surface area contributed by atoms with Crippen LogP contribution in [0.3, 0.4) is 0 Å². The first-order valence-electron chi connectivity index (χ1n) is 40.8. The first-order valence-corrected chi connectivity index (χ1v) is 41.6. The summed E-state index contributed by atoms with van der Waals surface area (Å²) in [6.07, 6.45) is 5.78. The summed E-state index contributed by atoms with van der Waals surface area (Å²) in [4.78, 5) is 93.8. The molecule has 17 nitrogen and oxygen atoms in total. The number of hydrogen-bond donors (Lipinski definition) is 7. The van der Waals surface area contributed by atoms with Gasteiger partial charge in [-0.05, 0) is 302 Å². The summed E-state index contributed by atoms with van der Waals surface area (Å²) in [5, 5.41) is 70.5. The molecule has 0 atom stereocenters. The Morgan fingerprint density at radius 1 is 0.305 bits per heavy atom. The number of rotatable bonds is 14. The smallest absolute Gasteiger partial charge is 0.337 e. The first kappa shape index (κ1) is 90.4. The van der Waals surface area contributed by atoms with Crippen molar-refractivity contribution in [2.24, 2.45) is 5.73 Å². The molecule has 0 saturated heterocycles. The third kappa shape index (κ3) is 19.9. The Morgan fingerprint density at radius 3 is 1.01 bits per heavy atom. The van der Waals surface area contributed by atoms with Gasteiger partial charge >= 0.3 is 5.97 Å². The number of pyridine rings is 1. The molecule has 644 valence electrons. The fourth-order valence-corrected chi connectivity index (χ4v) is 15.7. The number of aldehydes is 6. The lowest BCUT2D eigenvalue weighted by atomic mass is 9.96. The maximum atomic E-state index is 13.7. The second-order valence-electron chi connectivity index (χ2n) is 30.6. The molecule has 1 aromatic heterocycles. The van der Waals surface area contributed by atoms with Crippen molar-refractivity contribution in [1.82, 2.24) is 4.98 Å². The number of phenols is 6. The first-order chi connectivity index (χ1) is 63.3. The minimum atomic E-state index is -0.476. The van der Waals surface area contributed by atoms with Crippen molar-refractivity contribution >= 4 is 148 Å². The average Bonchev–Trinajstić information content (AvgIpc) is 0.768. The summed E-state index contributed by atoms with van der Waals surface area (Å²) < 4.78 is 18.4. The topological polar surface area (TPSA) is 306 Å². The summed E-state index contributed by atoms with van der Waals surface area (Å²) in [6.45, 7) is 5.65. The van der Waals surface area contributed by atoms with Crippen molar-refractivity contribution < 1.29 is 78.1 Å². The predicted molar refractivity (Wildman–Crippen MR) is 518 cm³/mol. The van der Waals surface area contributed by atoms with Gasteiger partial charge in [0.1, 0.15) is 40.3 Å². The highest BCUT2D eigenvalue weighted by Gasteiger charge is 2.18. The molecule has 0 aliphatic carbocycles. The number of fused-ring (bicyclic) bond motifs is 7. The van der Waals surface area contributed by atoms with Crippen LogP contribution in [0.25, 0.3) is 142 Å².